The topological polar surface area (TPSA) is 49.8 Å². The lowest BCUT2D eigenvalue weighted by molar-refractivity contribution is -0.141. The molecule has 0 amide bonds. The zero-order chi connectivity index (χ0) is 14.3. The number of halogens is 1. The number of nitrogens with zero attached hydrogens (tertiary/aromatic N) is 1. The highest BCUT2D eigenvalue weighted by molar-refractivity contribution is 5.69. The summed E-state index contributed by atoms with van der Waals surface area (Å²) in [6.07, 6.45) is 0. The molecule has 1 aromatic carbocycles. The first-order chi connectivity index (χ1) is 9.04. The Bertz CT molecular complexity index is 411. The van der Waals surface area contributed by atoms with Gasteiger partial charge in [0, 0.05) is 13.1 Å². The van der Waals surface area contributed by atoms with E-state index in [1.165, 1.54) is 6.07 Å². The van der Waals surface area contributed by atoms with E-state index in [1.54, 1.807) is 25.1 Å². The molecule has 0 saturated carbocycles. The molecule has 0 spiro atoms. The van der Waals surface area contributed by atoms with E-state index in [1.807, 2.05) is 11.8 Å². The highest BCUT2D eigenvalue weighted by Gasteiger charge is 2.15. The van der Waals surface area contributed by atoms with E-state index in [9.17, 15) is 9.18 Å². The zero-order valence-corrected chi connectivity index (χ0v) is 11.3. The predicted octanol–water partition coefficient (Wildman–Crippen LogP) is 2.25. The van der Waals surface area contributed by atoms with Crippen LogP contribution >= 0.6 is 0 Å². The Hall–Kier alpha value is -1.62. The second-order valence-electron chi connectivity index (χ2n) is 4.41. The lowest BCUT2D eigenvalue weighted by atomic mass is 10.2. The van der Waals surface area contributed by atoms with Crippen LogP contribution in [0, 0.1) is 11.7 Å². The smallest absolute Gasteiger partial charge is 0.307 e. The van der Waals surface area contributed by atoms with Crippen molar-refractivity contribution in [2.75, 3.05) is 26.2 Å². The van der Waals surface area contributed by atoms with Crippen molar-refractivity contribution in [2.24, 2.45) is 5.92 Å². The maximum absolute atomic E-state index is 13.3. The summed E-state index contributed by atoms with van der Waals surface area (Å²) in [5.41, 5.74) is 0. The van der Waals surface area contributed by atoms with Crippen LogP contribution in [0.1, 0.15) is 13.8 Å². The van der Waals surface area contributed by atoms with Gasteiger partial charge >= 0.3 is 5.97 Å². The molecule has 0 bridgehead atoms. The molecule has 0 aliphatic rings. The number of hydrogen-bond donors (Lipinski definition) is 1. The van der Waals surface area contributed by atoms with Crippen LogP contribution in [0.4, 0.5) is 4.39 Å². The number of para-hydroxylation sites is 1. The van der Waals surface area contributed by atoms with Gasteiger partial charge in [-0.1, -0.05) is 26.0 Å². The summed E-state index contributed by atoms with van der Waals surface area (Å²) in [6.45, 7) is 5.73. The van der Waals surface area contributed by atoms with Gasteiger partial charge in [-0.2, -0.15) is 0 Å². The minimum Gasteiger partial charge on any atom is -0.489 e. The van der Waals surface area contributed by atoms with Crippen molar-refractivity contribution in [1.82, 2.24) is 4.90 Å². The number of carboxylic acid groups (broad SMARTS) is 1. The van der Waals surface area contributed by atoms with E-state index in [4.69, 9.17) is 9.84 Å². The number of ether oxygens (including phenoxy) is 1. The maximum Gasteiger partial charge on any atom is 0.307 e. The fourth-order valence-corrected chi connectivity index (χ4v) is 1.69. The number of aliphatic carboxylic acids is 1. The summed E-state index contributed by atoms with van der Waals surface area (Å²) < 4.78 is 18.6. The van der Waals surface area contributed by atoms with Gasteiger partial charge in [0.15, 0.2) is 11.6 Å². The average Bonchev–Trinajstić information content (AvgIpc) is 2.39. The van der Waals surface area contributed by atoms with Gasteiger partial charge in [-0.05, 0) is 18.7 Å². The summed E-state index contributed by atoms with van der Waals surface area (Å²) >= 11 is 0. The summed E-state index contributed by atoms with van der Waals surface area (Å²) in [4.78, 5) is 12.8. The molecule has 1 unspecified atom stereocenters. The molecule has 1 atom stereocenters. The largest absolute Gasteiger partial charge is 0.489 e. The van der Waals surface area contributed by atoms with Crippen LogP contribution in [0.15, 0.2) is 24.3 Å². The molecule has 0 aliphatic heterocycles. The monoisotopic (exact) mass is 269 g/mol. The van der Waals surface area contributed by atoms with Crippen molar-refractivity contribution in [3.05, 3.63) is 30.1 Å². The van der Waals surface area contributed by atoms with Crippen molar-refractivity contribution in [2.45, 2.75) is 13.8 Å². The quantitative estimate of drug-likeness (QED) is 0.786. The van der Waals surface area contributed by atoms with Crippen molar-refractivity contribution < 1.29 is 19.0 Å². The summed E-state index contributed by atoms with van der Waals surface area (Å²) in [7, 11) is 0. The Labute approximate surface area is 112 Å². The van der Waals surface area contributed by atoms with E-state index in [0.717, 1.165) is 6.54 Å². The Morgan fingerprint density at radius 1 is 1.47 bits per heavy atom. The SMILES string of the molecule is CCN(CCOc1ccccc1F)CC(C)C(=O)O. The Balaban J connectivity index is 2.38. The first-order valence-electron chi connectivity index (χ1n) is 6.37. The minimum atomic E-state index is -0.812. The zero-order valence-electron chi connectivity index (χ0n) is 11.3. The van der Waals surface area contributed by atoms with Crippen LogP contribution in [0.3, 0.4) is 0 Å². The lowest BCUT2D eigenvalue weighted by Crippen LogP contribution is -2.34. The highest BCUT2D eigenvalue weighted by atomic mass is 19.1. The van der Waals surface area contributed by atoms with Gasteiger partial charge in [0.2, 0.25) is 0 Å². The van der Waals surface area contributed by atoms with E-state index in [2.05, 4.69) is 0 Å². The normalized spacial score (nSPS) is 12.4. The lowest BCUT2D eigenvalue weighted by Gasteiger charge is -2.22. The molecule has 0 heterocycles. The number of benzene rings is 1. The molecule has 0 aromatic heterocycles. The van der Waals surface area contributed by atoms with Crippen molar-refractivity contribution in [3.8, 4) is 5.75 Å². The molecule has 5 heteroatoms. The first-order valence-corrected chi connectivity index (χ1v) is 6.37. The highest BCUT2D eigenvalue weighted by Crippen LogP contribution is 2.15. The molecule has 1 N–H and O–H groups in total. The van der Waals surface area contributed by atoms with Crippen LogP contribution in [0.2, 0.25) is 0 Å². The second-order valence-corrected chi connectivity index (χ2v) is 4.41. The van der Waals surface area contributed by atoms with Gasteiger partial charge in [0.05, 0.1) is 5.92 Å². The standard InChI is InChI=1S/C14H20FNO3/c1-3-16(10-11(2)14(17)18)8-9-19-13-7-5-4-6-12(13)15/h4-7,11H,3,8-10H2,1-2H3,(H,17,18). The van der Waals surface area contributed by atoms with Crippen molar-refractivity contribution in [3.63, 3.8) is 0 Å². The molecular weight excluding hydrogens is 249 g/mol. The van der Waals surface area contributed by atoms with E-state index in [0.29, 0.717) is 19.7 Å². The molecule has 0 radical (unpaired) electrons. The van der Waals surface area contributed by atoms with Crippen molar-refractivity contribution in [1.29, 1.82) is 0 Å². The van der Waals surface area contributed by atoms with Gasteiger partial charge in [-0.25, -0.2) is 4.39 Å². The fourth-order valence-electron chi connectivity index (χ4n) is 1.69. The third-order valence-corrected chi connectivity index (χ3v) is 2.90. The van der Waals surface area contributed by atoms with Crippen LogP contribution in [0.5, 0.6) is 5.75 Å². The molecular formula is C14H20FNO3. The van der Waals surface area contributed by atoms with Gasteiger partial charge < -0.3 is 9.84 Å². The molecule has 4 nitrogen and oxygen atoms in total. The van der Waals surface area contributed by atoms with Crippen LogP contribution in [-0.2, 0) is 4.79 Å². The number of likely N-dealkylation sites (N-methyl/N-ethyl adjacent to an activating group) is 1. The summed E-state index contributed by atoms with van der Waals surface area (Å²) in [5.74, 6) is -1.39. The summed E-state index contributed by atoms with van der Waals surface area (Å²) in [5, 5.41) is 8.86. The fraction of sp³-hybridized carbons (Fsp3) is 0.500. The first kappa shape index (κ1) is 15.4. The van der Waals surface area contributed by atoms with E-state index < -0.39 is 11.9 Å². The Morgan fingerprint density at radius 2 is 2.16 bits per heavy atom. The number of carbonyl (C=O) groups is 1. The molecule has 0 aliphatic carbocycles. The Morgan fingerprint density at radius 3 is 2.74 bits per heavy atom. The summed E-state index contributed by atoms with van der Waals surface area (Å²) in [6, 6.07) is 6.24. The van der Waals surface area contributed by atoms with E-state index >= 15 is 0 Å². The van der Waals surface area contributed by atoms with Gasteiger partial charge in [-0.15, -0.1) is 0 Å². The van der Waals surface area contributed by atoms with Crippen LogP contribution in [-0.4, -0.2) is 42.2 Å². The van der Waals surface area contributed by atoms with Gasteiger partial charge in [0.1, 0.15) is 6.61 Å². The van der Waals surface area contributed by atoms with Gasteiger partial charge in [-0.3, -0.25) is 9.69 Å². The maximum atomic E-state index is 13.3. The molecule has 1 rings (SSSR count). The predicted molar refractivity (Wildman–Crippen MR) is 70.8 cm³/mol. The van der Waals surface area contributed by atoms with Gasteiger partial charge in [0.25, 0.3) is 0 Å². The third kappa shape index (κ3) is 5.26. The number of carboxylic acids is 1. The average molecular weight is 269 g/mol. The molecule has 106 valence electrons. The van der Waals surface area contributed by atoms with E-state index in [-0.39, 0.29) is 11.6 Å². The second kappa shape index (κ2) is 7.74. The molecule has 0 fully saturated rings. The third-order valence-electron chi connectivity index (χ3n) is 2.90. The molecule has 0 saturated heterocycles. The number of rotatable bonds is 8. The Kier molecular flexibility index (Phi) is 6.29. The molecule has 19 heavy (non-hydrogen) atoms. The minimum absolute atomic E-state index is 0.227. The van der Waals surface area contributed by atoms with Crippen LogP contribution < -0.4 is 4.74 Å². The molecule has 1 aromatic rings. The van der Waals surface area contributed by atoms with Crippen LogP contribution in [0.25, 0.3) is 0 Å². The van der Waals surface area contributed by atoms with Crippen molar-refractivity contribution >= 4 is 5.97 Å². The number of hydrogen-bond acceptors (Lipinski definition) is 3.